The summed E-state index contributed by atoms with van der Waals surface area (Å²) in [5.74, 6) is -0.808. The Morgan fingerprint density at radius 1 is 1.55 bits per heavy atom. The fourth-order valence-corrected chi connectivity index (χ4v) is 3.01. The SMILES string of the molecule is C/C=C/CCn1c(SCC(=O)O)nc2ccc(Br)cc21. The number of aromatic nitrogens is 2. The van der Waals surface area contributed by atoms with Gasteiger partial charge >= 0.3 is 5.97 Å². The van der Waals surface area contributed by atoms with Crippen LogP contribution < -0.4 is 0 Å². The van der Waals surface area contributed by atoms with Gasteiger partial charge in [0.1, 0.15) is 0 Å². The quantitative estimate of drug-likeness (QED) is 0.630. The molecule has 0 spiro atoms. The molecule has 1 N–H and O–H groups in total. The van der Waals surface area contributed by atoms with E-state index < -0.39 is 5.97 Å². The summed E-state index contributed by atoms with van der Waals surface area (Å²) in [5.41, 5.74) is 1.92. The molecule has 0 atom stereocenters. The third-order valence-electron chi connectivity index (χ3n) is 2.76. The van der Waals surface area contributed by atoms with E-state index in [1.807, 2.05) is 31.2 Å². The summed E-state index contributed by atoms with van der Waals surface area (Å²) >= 11 is 4.72. The number of aryl methyl sites for hydroxylation is 1. The van der Waals surface area contributed by atoms with Crippen molar-refractivity contribution in [3.63, 3.8) is 0 Å². The largest absolute Gasteiger partial charge is 0.481 e. The predicted molar refractivity (Wildman–Crippen MR) is 85.2 cm³/mol. The Kier molecular flexibility index (Phi) is 5.25. The number of hydrogen-bond donors (Lipinski definition) is 1. The first kappa shape index (κ1) is 15.1. The van der Waals surface area contributed by atoms with Crippen molar-refractivity contribution in [2.75, 3.05) is 5.75 Å². The van der Waals surface area contributed by atoms with Crippen LogP contribution in [0.2, 0.25) is 0 Å². The number of benzene rings is 1. The molecule has 0 saturated carbocycles. The second-order valence-electron chi connectivity index (χ2n) is 4.22. The van der Waals surface area contributed by atoms with Crippen LogP contribution >= 0.6 is 27.7 Å². The minimum Gasteiger partial charge on any atom is -0.481 e. The topological polar surface area (TPSA) is 55.1 Å². The number of aliphatic carboxylic acids is 1. The zero-order valence-corrected chi connectivity index (χ0v) is 13.4. The van der Waals surface area contributed by atoms with Gasteiger partial charge in [0.2, 0.25) is 0 Å². The highest BCUT2D eigenvalue weighted by Gasteiger charge is 2.12. The average molecular weight is 355 g/mol. The molecule has 0 fully saturated rings. The van der Waals surface area contributed by atoms with Gasteiger partial charge in [-0.2, -0.15) is 0 Å². The maximum absolute atomic E-state index is 10.7. The smallest absolute Gasteiger partial charge is 0.313 e. The molecule has 0 radical (unpaired) electrons. The molecule has 0 unspecified atom stereocenters. The van der Waals surface area contributed by atoms with Crippen molar-refractivity contribution in [1.82, 2.24) is 9.55 Å². The van der Waals surface area contributed by atoms with Gasteiger partial charge in [0, 0.05) is 11.0 Å². The number of carboxylic acid groups (broad SMARTS) is 1. The number of halogens is 1. The average Bonchev–Trinajstić information content (AvgIpc) is 2.74. The van der Waals surface area contributed by atoms with Gasteiger partial charge in [-0.25, -0.2) is 4.98 Å². The van der Waals surface area contributed by atoms with Gasteiger partial charge in [-0.1, -0.05) is 39.8 Å². The number of imidazole rings is 1. The summed E-state index contributed by atoms with van der Waals surface area (Å²) in [5, 5.41) is 9.58. The molecule has 6 heteroatoms. The molecular weight excluding hydrogens is 340 g/mol. The van der Waals surface area contributed by atoms with E-state index in [1.165, 1.54) is 11.8 Å². The molecule has 0 aliphatic heterocycles. The fraction of sp³-hybridized carbons (Fsp3) is 0.286. The third-order valence-corrected chi connectivity index (χ3v) is 4.21. The van der Waals surface area contributed by atoms with Crippen LogP contribution in [0.1, 0.15) is 13.3 Å². The van der Waals surface area contributed by atoms with E-state index in [1.54, 1.807) is 0 Å². The van der Waals surface area contributed by atoms with Crippen molar-refractivity contribution >= 4 is 44.7 Å². The van der Waals surface area contributed by atoms with Crippen LogP contribution in [0.25, 0.3) is 11.0 Å². The highest BCUT2D eigenvalue weighted by atomic mass is 79.9. The first-order chi connectivity index (χ1) is 9.61. The van der Waals surface area contributed by atoms with Gasteiger partial charge < -0.3 is 9.67 Å². The molecule has 0 amide bonds. The molecule has 2 aromatic rings. The lowest BCUT2D eigenvalue weighted by atomic mass is 10.3. The molecule has 0 bridgehead atoms. The van der Waals surface area contributed by atoms with Gasteiger partial charge in [-0.3, -0.25) is 4.79 Å². The molecule has 1 heterocycles. The number of carboxylic acids is 1. The summed E-state index contributed by atoms with van der Waals surface area (Å²) < 4.78 is 3.07. The molecular formula is C14H15BrN2O2S. The van der Waals surface area contributed by atoms with Crippen LogP contribution in [0.15, 0.2) is 40.0 Å². The predicted octanol–water partition coefficient (Wildman–Crippen LogP) is 3.94. The van der Waals surface area contributed by atoms with Crippen LogP contribution in [0.3, 0.4) is 0 Å². The normalized spacial score (nSPS) is 11.5. The summed E-state index contributed by atoms with van der Waals surface area (Å²) in [7, 11) is 0. The van der Waals surface area contributed by atoms with Gasteiger partial charge in [-0.05, 0) is 31.5 Å². The van der Waals surface area contributed by atoms with Gasteiger partial charge in [0.05, 0.1) is 16.8 Å². The van der Waals surface area contributed by atoms with Gasteiger partial charge in [0.25, 0.3) is 0 Å². The lowest BCUT2D eigenvalue weighted by Crippen LogP contribution is -2.03. The number of carbonyl (C=O) groups is 1. The van der Waals surface area contributed by atoms with Crippen molar-refractivity contribution in [3.8, 4) is 0 Å². The van der Waals surface area contributed by atoms with Crippen molar-refractivity contribution in [2.24, 2.45) is 0 Å². The van der Waals surface area contributed by atoms with E-state index in [0.29, 0.717) is 0 Å². The zero-order valence-electron chi connectivity index (χ0n) is 11.0. The summed E-state index contributed by atoms with van der Waals surface area (Å²) in [4.78, 5) is 15.3. The molecule has 0 aliphatic carbocycles. The number of nitrogens with zero attached hydrogens (tertiary/aromatic N) is 2. The summed E-state index contributed by atoms with van der Waals surface area (Å²) in [6, 6.07) is 5.90. The van der Waals surface area contributed by atoms with Crippen LogP contribution in [0.5, 0.6) is 0 Å². The van der Waals surface area contributed by atoms with E-state index in [0.717, 1.165) is 33.6 Å². The lowest BCUT2D eigenvalue weighted by Gasteiger charge is -2.06. The maximum atomic E-state index is 10.7. The molecule has 0 aliphatic rings. The molecule has 106 valence electrons. The fourth-order valence-electron chi connectivity index (χ4n) is 1.90. The van der Waals surface area contributed by atoms with Gasteiger partial charge in [0.15, 0.2) is 5.16 Å². The number of hydrogen-bond acceptors (Lipinski definition) is 3. The number of thioether (sulfide) groups is 1. The number of fused-ring (bicyclic) bond motifs is 1. The minimum atomic E-state index is -0.830. The Labute approximate surface area is 130 Å². The van der Waals surface area contributed by atoms with E-state index in [2.05, 4.69) is 31.6 Å². The second-order valence-corrected chi connectivity index (χ2v) is 6.08. The molecule has 20 heavy (non-hydrogen) atoms. The van der Waals surface area contributed by atoms with E-state index >= 15 is 0 Å². The molecule has 0 saturated heterocycles. The van der Waals surface area contributed by atoms with Crippen molar-refractivity contribution in [3.05, 3.63) is 34.8 Å². The van der Waals surface area contributed by atoms with E-state index in [4.69, 9.17) is 5.11 Å². The highest BCUT2D eigenvalue weighted by Crippen LogP contribution is 2.26. The number of rotatable bonds is 6. The Bertz CT molecular complexity index is 652. The molecule has 1 aromatic carbocycles. The van der Waals surface area contributed by atoms with Crippen molar-refractivity contribution in [2.45, 2.75) is 25.0 Å². The highest BCUT2D eigenvalue weighted by molar-refractivity contribution is 9.10. The third kappa shape index (κ3) is 3.64. The van der Waals surface area contributed by atoms with Crippen molar-refractivity contribution < 1.29 is 9.90 Å². The van der Waals surface area contributed by atoms with Crippen molar-refractivity contribution in [1.29, 1.82) is 0 Å². The standard InChI is InChI=1S/C14H15BrN2O2S/c1-2-3-4-7-17-12-8-10(15)5-6-11(12)16-14(17)20-9-13(18)19/h2-3,5-6,8H,4,7,9H2,1H3,(H,18,19)/b3-2+. The number of allylic oxidation sites excluding steroid dienone is 2. The first-order valence-electron chi connectivity index (χ1n) is 6.23. The van der Waals surface area contributed by atoms with Crippen LogP contribution in [0.4, 0.5) is 0 Å². The molecule has 2 rings (SSSR count). The molecule has 1 aromatic heterocycles. The van der Waals surface area contributed by atoms with E-state index in [-0.39, 0.29) is 5.75 Å². The summed E-state index contributed by atoms with van der Waals surface area (Å²) in [6.45, 7) is 2.78. The van der Waals surface area contributed by atoms with Gasteiger partial charge in [-0.15, -0.1) is 0 Å². The van der Waals surface area contributed by atoms with E-state index in [9.17, 15) is 4.79 Å². The minimum absolute atomic E-state index is 0.0219. The Morgan fingerprint density at radius 3 is 3.05 bits per heavy atom. The van der Waals surface area contributed by atoms with Crippen LogP contribution in [-0.4, -0.2) is 26.4 Å². The van der Waals surface area contributed by atoms with Crippen LogP contribution in [-0.2, 0) is 11.3 Å². The molecule has 4 nitrogen and oxygen atoms in total. The Hall–Kier alpha value is -1.27. The second kappa shape index (κ2) is 6.95. The maximum Gasteiger partial charge on any atom is 0.313 e. The Balaban J connectivity index is 2.37. The lowest BCUT2D eigenvalue weighted by molar-refractivity contribution is -0.133. The Morgan fingerprint density at radius 2 is 2.35 bits per heavy atom. The monoisotopic (exact) mass is 354 g/mol. The first-order valence-corrected chi connectivity index (χ1v) is 8.01. The zero-order chi connectivity index (χ0) is 14.5. The van der Waals surface area contributed by atoms with Crippen LogP contribution in [0, 0.1) is 0 Å². The summed E-state index contributed by atoms with van der Waals surface area (Å²) in [6.07, 6.45) is 5.00.